The van der Waals surface area contributed by atoms with Gasteiger partial charge in [0, 0.05) is 25.3 Å². The van der Waals surface area contributed by atoms with E-state index < -0.39 is 5.91 Å². The highest BCUT2D eigenvalue weighted by Gasteiger charge is 2.10. The number of nitrogens with zero attached hydrogens (tertiary/aromatic N) is 1. The van der Waals surface area contributed by atoms with Crippen LogP contribution in [0, 0.1) is 0 Å². The summed E-state index contributed by atoms with van der Waals surface area (Å²) < 4.78 is 0. The van der Waals surface area contributed by atoms with Crippen molar-refractivity contribution in [1.82, 2.24) is 10.3 Å². The fraction of sp³-hybridized carbons (Fsp3) is 0.600. The molecule has 0 bridgehead atoms. The Labute approximate surface area is 120 Å². The summed E-state index contributed by atoms with van der Waals surface area (Å²) in [6.07, 6.45) is 9.56. The largest absolute Gasteiger partial charge is 0.369 e. The average Bonchev–Trinajstić information content (AvgIpc) is 2.73. The van der Waals surface area contributed by atoms with Crippen LogP contribution in [-0.2, 0) is 0 Å². The van der Waals surface area contributed by atoms with Crippen molar-refractivity contribution in [2.45, 2.75) is 44.6 Å². The molecule has 0 saturated heterocycles. The minimum Gasteiger partial charge on any atom is -0.369 e. The minimum atomic E-state index is -0.445. The first-order valence-corrected chi connectivity index (χ1v) is 7.49. The molecule has 5 nitrogen and oxygen atoms in total. The van der Waals surface area contributed by atoms with E-state index in [0.29, 0.717) is 11.6 Å². The lowest BCUT2D eigenvalue weighted by Crippen LogP contribution is -2.32. The lowest BCUT2D eigenvalue weighted by molar-refractivity contribution is 0.1000. The Hall–Kier alpha value is -1.62. The molecule has 0 radical (unpaired) electrons. The van der Waals surface area contributed by atoms with E-state index in [-0.39, 0.29) is 0 Å². The molecule has 1 aliphatic carbocycles. The number of anilines is 1. The number of primary amides is 1. The maximum Gasteiger partial charge on any atom is 0.250 e. The maximum atomic E-state index is 10.9. The van der Waals surface area contributed by atoms with Gasteiger partial charge in [0.15, 0.2) is 0 Å². The van der Waals surface area contributed by atoms with E-state index in [1.54, 1.807) is 12.1 Å². The van der Waals surface area contributed by atoms with E-state index in [9.17, 15) is 4.79 Å². The van der Waals surface area contributed by atoms with Gasteiger partial charge in [-0.15, -0.1) is 0 Å². The lowest BCUT2D eigenvalue weighted by atomic mass is 10.1. The predicted molar refractivity (Wildman–Crippen MR) is 80.7 cm³/mol. The van der Waals surface area contributed by atoms with Crippen LogP contribution in [0.4, 0.5) is 5.82 Å². The van der Waals surface area contributed by atoms with Crippen LogP contribution in [-0.4, -0.2) is 30.0 Å². The molecule has 4 N–H and O–H groups in total. The average molecular weight is 276 g/mol. The minimum absolute atomic E-state index is 0.437. The first-order valence-electron chi connectivity index (χ1n) is 7.49. The van der Waals surface area contributed by atoms with Gasteiger partial charge >= 0.3 is 0 Å². The molecule has 1 saturated carbocycles. The molecule has 110 valence electrons. The van der Waals surface area contributed by atoms with Gasteiger partial charge in [-0.25, -0.2) is 4.98 Å². The van der Waals surface area contributed by atoms with Crippen LogP contribution in [0.3, 0.4) is 0 Å². The van der Waals surface area contributed by atoms with Crippen molar-refractivity contribution in [1.29, 1.82) is 0 Å². The van der Waals surface area contributed by atoms with Crippen LogP contribution >= 0.6 is 0 Å². The van der Waals surface area contributed by atoms with Crippen molar-refractivity contribution < 1.29 is 4.79 Å². The van der Waals surface area contributed by atoms with Crippen LogP contribution in [0.25, 0.3) is 0 Å². The van der Waals surface area contributed by atoms with E-state index in [1.165, 1.54) is 44.7 Å². The second-order valence-corrected chi connectivity index (χ2v) is 5.37. The summed E-state index contributed by atoms with van der Waals surface area (Å²) in [6, 6.07) is 4.15. The van der Waals surface area contributed by atoms with Crippen molar-refractivity contribution in [3.8, 4) is 0 Å². The molecule has 20 heavy (non-hydrogen) atoms. The topological polar surface area (TPSA) is 80.0 Å². The van der Waals surface area contributed by atoms with Gasteiger partial charge in [-0.3, -0.25) is 4.79 Å². The number of nitrogens with two attached hydrogens (primary N) is 1. The highest BCUT2D eigenvalue weighted by Crippen LogP contribution is 2.16. The van der Waals surface area contributed by atoms with Gasteiger partial charge in [0.25, 0.3) is 0 Å². The van der Waals surface area contributed by atoms with Gasteiger partial charge in [0.2, 0.25) is 5.91 Å². The Bertz CT molecular complexity index is 410. The summed E-state index contributed by atoms with van der Waals surface area (Å²) in [5.74, 6) is 0.330. The van der Waals surface area contributed by atoms with E-state index in [0.717, 1.165) is 18.9 Å². The third kappa shape index (κ3) is 4.81. The zero-order valence-corrected chi connectivity index (χ0v) is 11.9. The molecule has 0 atom stereocenters. The van der Waals surface area contributed by atoms with Crippen molar-refractivity contribution in [3.05, 3.63) is 23.9 Å². The number of aromatic nitrogens is 1. The standard InChI is InChI=1S/C15H24N4O/c16-15(20)12-7-8-14(19-11-12)18-10-9-17-13-5-3-1-2-4-6-13/h7-8,11,13,17H,1-6,9-10H2,(H2,16,20)(H,18,19). The van der Waals surface area contributed by atoms with Gasteiger partial charge in [-0.05, 0) is 25.0 Å². The monoisotopic (exact) mass is 276 g/mol. The van der Waals surface area contributed by atoms with E-state index >= 15 is 0 Å². The van der Waals surface area contributed by atoms with Gasteiger partial charge in [0.1, 0.15) is 5.82 Å². The molecule has 0 unspecified atom stereocenters. The van der Waals surface area contributed by atoms with Crippen molar-refractivity contribution in [3.63, 3.8) is 0 Å². The first-order chi connectivity index (χ1) is 9.75. The SMILES string of the molecule is NC(=O)c1ccc(NCCNC2CCCCCC2)nc1. The van der Waals surface area contributed by atoms with E-state index in [1.807, 2.05) is 0 Å². The van der Waals surface area contributed by atoms with E-state index in [2.05, 4.69) is 15.6 Å². The number of hydrogen-bond acceptors (Lipinski definition) is 4. The number of rotatable bonds is 6. The molecule has 1 amide bonds. The summed E-state index contributed by atoms with van der Waals surface area (Å²) >= 11 is 0. The van der Waals surface area contributed by atoms with Gasteiger partial charge in [-0.2, -0.15) is 0 Å². The Morgan fingerprint density at radius 1 is 1.20 bits per heavy atom. The maximum absolute atomic E-state index is 10.9. The summed E-state index contributed by atoms with van der Waals surface area (Å²) in [7, 11) is 0. The summed E-state index contributed by atoms with van der Waals surface area (Å²) in [5, 5.41) is 6.84. The third-order valence-corrected chi connectivity index (χ3v) is 3.77. The third-order valence-electron chi connectivity index (χ3n) is 3.77. The van der Waals surface area contributed by atoms with Gasteiger partial charge in [-0.1, -0.05) is 25.7 Å². The quantitative estimate of drug-likeness (QED) is 0.547. The molecule has 1 aromatic rings. The highest BCUT2D eigenvalue weighted by molar-refractivity contribution is 5.92. The number of nitrogens with one attached hydrogen (secondary N) is 2. The molecule has 1 fully saturated rings. The van der Waals surface area contributed by atoms with Crippen LogP contribution in [0.5, 0.6) is 0 Å². The zero-order chi connectivity index (χ0) is 14.2. The van der Waals surface area contributed by atoms with Crippen LogP contribution in [0.2, 0.25) is 0 Å². The number of pyridine rings is 1. The molecule has 0 aliphatic heterocycles. The van der Waals surface area contributed by atoms with E-state index in [4.69, 9.17) is 5.73 Å². The van der Waals surface area contributed by atoms with Crippen molar-refractivity contribution in [2.75, 3.05) is 18.4 Å². The Morgan fingerprint density at radius 3 is 2.55 bits per heavy atom. The van der Waals surface area contributed by atoms with Crippen LogP contribution in [0.15, 0.2) is 18.3 Å². The fourth-order valence-electron chi connectivity index (χ4n) is 2.59. The molecular formula is C15H24N4O. The molecule has 1 aromatic heterocycles. The molecule has 0 aromatic carbocycles. The molecule has 1 heterocycles. The molecule has 5 heteroatoms. The normalized spacial score (nSPS) is 16.6. The number of carbonyl (C=O) groups is 1. The summed E-state index contributed by atoms with van der Waals surface area (Å²) in [4.78, 5) is 15.1. The lowest BCUT2D eigenvalue weighted by Gasteiger charge is -2.16. The number of carbonyl (C=O) groups excluding carboxylic acids is 1. The molecule has 0 spiro atoms. The first kappa shape index (κ1) is 14.8. The Morgan fingerprint density at radius 2 is 1.95 bits per heavy atom. The second-order valence-electron chi connectivity index (χ2n) is 5.37. The zero-order valence-electron chi connectivity index (χ0n) is 11.9. The number of hydrogen-bond donors (Lipinski definition) is 3. The molecule has 2 rings (SSSR count). The van der Waals surface area contributed by atoms with Crippen LogP contribution < -0.4 is 16.4 Å². The Balaban J connectivity index is 1.66. The summed E-state index contributed by atoms with van der Waals surface area (Å²) in [6.45, 7) is 1.77. The molecule has 1 aliphatic rings. The predicted octanol–water partition coefficient (Wildman–Crippen LogP) is 1.90. The van der Waals surface area contributed by atoms with Gasteiger partial charge in [0.05, 0.1) is 5.56 Å². The van der Waals surface area contributed by atoms with Crippen LogP contribution in [0.1, 0.15) is 48.9 Å². The van der Waals surface area contributed by atoms with Gasteiger partial charge < -0.3 is 16.4 Å². The molecular weight excluding hydrogens is 252 g/mol. The fourth-order valence-corrected chi connectivity index (χ4v) is 2.59. The smallest absolute Gasteiger partial charge is 0.250 e. The van der Waals surface area contributed by atoms with Crippen molar-refractivity contribution >= 4 is 11.7 Å². The number of amides is 1. The summed E-state index contributed by atoms with van der Waals surface area (Å²) in [5.41, 5.74) is 5.61. The highest BCUT2D eigenvalue weighted by atomic mass is 16.1. The Kier molecular flexibility index (Phi) is 5.80. The second kappa shape index (κ2) is 7.85. The van der Waals surface area contributed by atoms with Crippen molar-refractivity contribution in [2.24, 2.45) is 5.73 Å².